The Morgan fingerprint density at radius 1 is 1.05 bits per heavy atom. The second kappa shape index (κ2) is 10.0. The zero-order valence-electron chi connectivity index (χ0n) is 22.9. The molecule has 212 valence electrons. The number of aromatic nitrogens is 3. The van der Waals surface area contributed by atoms with Gasteiger partial charge in [0.1, 0.15) is 5.69 Å². The van der Waals surface area contributed by atoms with E-state index >= 15 is 0 Å². The number of amides is 2. The molecule has 2 aliphatic heterocycles. The van der Waals surface area contributed by atoms with E-state index in [2.05, 4.69) is 9.88 Å². The maximum absolute atomic E-state index is 14.1. The predicted molar refractivity (Wildman–Crippen MR) is 145 cm³/mol. The molecule has 1 aliphatic carbocycles. The van der Waals surface area contributed by atoms with Crippen LogP contribution in [0.3, 0.4) is 0 Å². The second-order valence-corrected chi connectivity index (χ2v) is 10.9. The van der Waals surface area contributed by atoms with Crippen molar-refractivity contribution in [2.24, 2.45) is 0 Å². The zero-order chi connectivity index (χ0) is 28.2. The first kappa shape index (κ1) is 26.5. The van der Waals surface area contributed by atoms with Crippen molar-refractivity contribution in [3.8, 4) is 5.88 Å². The van der Waals surface area contributed by atoms with Gasteiger partial charge in [-0.05, 0) is 62.8 Å². The number of fused-ring (bicyclic) bond motifs is 1. The Balaban J connectivity index is 1.30. The fraction of sp³-hybridized carbons (Fsp3) is 0.483. The Labute approximate surface area is 231 Å². The Morgan fingerprint density at radius 3 is 2.45 bits per heavy atom. The van der Waals surface area contributed by atoms with E-state index in [1.54, 1.807) is 19.4 Å². The van der Waals surface area contributed by atoms with Gasteiger partial charge in [-0.15, -0.1) is 0 Å². The quantitative estimate of drug-likeness (QED) is 0.367. The number of ether oxygens (including phenoxy) is 1. The number of carbonyl (C=O) groups is 1. The SMILES string of the molecule is COc1nccc(C)c1N1CCC(N2C(=O)N(Cc3ccccc3C(F)(F)F)c3nn(C4CC4)cc3[C@H]2C)CC1. The molecule has 0 N–H and O–H groups in total. The first-order chi connectivity index (χ1) is 19.2. The van der Waals surface area contributed by atoms with Gasteiger partial charge in [0.2, 0.25) is 5.88 Å². The summed E-state index contributed by atoms with van der Waals surface area (Å²) in [5.41, 5.74) is 2.23. The minimum absolute atomic E-state index is 0.0544. The summed E-state index contributed by atoms with van der Waals surface area (Å²) in [5.74, 6) is 1.04. The molecule has 2 fully saturated rings. The van der Waals surface area contributed by atoms with Crippen LogP contribution >= 0.6 is 0 Å². The first-order valence-electron chi connectivity index (χ1n) is 13.8. The summed E-state index contributed by atoms with van der Waals surface area (Å²) in [6.45, 7) is 5.23. The molecule has 0 radical (unpaired) electrons. The molecule has 40 heavy (non-hydrogen) atoms. The van der Waals surface area contributed by atoms with E-state index in [-0.39, 0.29) is 36.3 Å². The van der Waals surface area contributed by atoms with Crippen molar-refractivity contribution in [3.63, 3.8) is 0 Å². The zero-order valence-corrected chi connectivity index (χ0v) is 22.9. The first-order valence-corrected chi connectivity index (χ1v) is 13.8. The molecular weight excluding hydrogens is 521 g/mol. The molecule has 0 unspecified atom stereocenters. The van der Waals surface area contributed by atoms with E-state index in [4.69, 9.17) is 9.84 Å². The van der Waals surface area contributed by atoms with Gasteiger partial charge in [0, 0.05) is 37.1 Å². The van der Waals surface area contributed by atoms with Crippen molar-refractivity contribution >= 4 is 17.5 Å². The smallest absolute Gasteiger partial charge is 0.416 e. The van der Waals surface area contributed by atoms with E-state index in [1.807, 2.05) is 35.7 Å². The van der Waals surface area contributed by atoms with Gasteiger partial charge < -0.3 is 14.5 Å². The lowest BCUT2D eigenvalue weighted by molar-refractivity contribution is -0.138. The molecule has 2 amide bonds. The van der Waals surface area contributed by atoms with Crippen molar-refractivity contribution in [1.29, 1.82) is 0 Å². The van der Waals surface area contributed by atoms with Crippen LogP contribution in [0.5, 0.6) is 5.88 Å². The summed E-state index contributed by atoms with van der Waals surface area (Å²) in [4.78, 5) is 24.1. The number of alkyl halides is 3. The summed E-state index contributed by atoms with van der Waals surface area (Å²) in [6, 6.07) is 7.09. The van der Waals surface area contributed by atoms with Crippen LogP contribution in [-0.4, -0.2) is 51.9 Å². The van der Waals surface area contributed by atoms with Crippen molar-refractivity contribution in [3.05, 3.63) is 65.0 Å². The highest BCUT2D eigenvalue weighted by Gasteiger charge is 2.44. The molecule has 4 heterocycles. The summed E-state index contributed by atoms with van der Waals surface area (Å²) >= 11 is 0. The summed E-state index contributed by atoms with van der Waals surface area (Å²) in [6.07, 6.45) is 2.65. The lowest BCUT2D eigenvalue weighted by Crippen LogP contribution is -2.55. The highest BCUT2D eigenvalue weighted by Crippen LogP contribution is 2.44. The van der Waals surface area contributed by atoms with E-state index in [0.717, 1.165) is 35.7 Å². The standard InChI is InChI=1S/C29H33F3N6O2/c1-18-10-13-33-27(40-3)25(18)35-14-11-22(12-15-35)38-19(2)23-17-37(21-8-9-21)34-26(23)36(28(38)39)16-20-6-4-5-7-24(20)29(30,31)32/h4-7,10,13,17,19,21-22H,8-9,11-12,14-16H2,1-3H3/t19-/m1/s1. The molecule has 3 aromatic rings. The molecule has 8 nitrogen and oxygen atoms in total. The number of benzene rings is 1. The Hall–Kier alpha value is -3.76. The minimum Gasteiger partial charge on any atom is -0.480 e. The average molecular weight is 555 g/mol. The van der Waals surface area contributed by atoms with Crippen LogP contribution in [0.1, 0.15) is 66.9 Å². The number of nitrogens with zero attached hydrogens (tertiary/aromatic N) is 6. The van der Waals surface area contributed by atoms with Gasteiger partial charge in [-0.2, -0.15) is 18.3 Å². The van der Waals surface area contributed by atoms with E-state index in [9.17, 15) is 18.0 Å². The van der Waals surface area contributed by atoms with Crippen LogP contribution < -0.4 is 14.5 Å². The van der Waals surface area contributed by atoms with Crippen LogP contribution in [0.15, 0.2) is 42.7 Å². The number of piperidine rings is 1. The Morgan fingerprint density at radius 2 is 1.77 bits per heavy atom. The third kappa shape index (κ3) is 4.65. The molecule has 1 saturated heterocycles. The maximum atomic E-state index is 14.1. The number of methoxy groups -OCH3 is 1. The molecule has 1 saturated carbocycles. The lowest BCUT2D eigenvalue weighted by atomic mass is 9.97. The van der Waals surface area contributed by atoms with E-state index in [0.29, 0.717) is 37.6 Å². The molecular formula is C29H33F3N6O2. The van der Waals surface area contributed by atoms with Crippen molar-refractivity contribution in [2.45, 2.75) is 70.4 Å². The van der Waals surface area contributed by atoms with Gasteiger partial charge in [-0.1, -0.05) is 18.2 Å². The minimum atomic E-state index is -4.52. The second-order valence-electron chi connectivity index (χ2n) is 10.9. The monoisotopic (exact) mass is 554 g/mol. The van der Waals surface area contributed by atoms with Gasteiger partial charge in [-0.25, -0.2) is 9.78 Å². The predicted octanol–water partition coefficient (Wildman–Crippen LogP) is 6.12. The normalized spacial score (nSPS) is 20.2. The van der Waals surface area contributed by atoms with Crippen LogP contribution in [0.4, 0.5) is 29.5 Å². The van der Waals surface area contributed by atoms with Gasteiger partial charge in [0.15, 0.2) is 5.82 Å². The van der Waals surface area contributed by atoms with Crippen LogP contribution in [0.25, 0.3) is 0 Å². The van der Waals surface area contributed by atoms with Crippen molar-refractivity contribution < 1.29 is 22.7 Å². The lowest BCUT2D eigenvalue weighted by Gasteiger charge is -2.46. The topological polar surface area (TPSA) is 66.7 Å². The van der Waals surface area contributed by atoms with Gasteiger partial charge in [-0.3, -0.25) is 9.58 Å². The maximum Gasteiger partial charge on any atom is 0.416 e. The van der Waals surface area contributed by atoms with Gasteiger partial charge in [0.25, 0.3) is 0 Å². The van der Waals surface area contributed by atoms with E-state index in [1.165, 1.54) is 17.0 Å². The fourth-order valence-electron chi connectivity index (χ4n) is 6.12. The van der Waals surface area contributed by atoms with Crippen molar-refractivity contribution in [2.75, 3.05) is 30.0 Å². The van der Waals surface area contributed by atoms with Crippen molar-refractivity contribution in [1.82, 2.24) is 19.7 Å². The number of anilines is 2. The average Bonchev–Trinajstić information content (AvgIpc) is 3.69. The third-order valence-corrected chi connectivity index (χ3v) is 8.35. The molecule has 3 aliphatic rings. The summed E-state index contributed by atoms with van der Waals surface area (Å²) in [7, 11) is 1.61. The summed E-state index contributed by atoms with van der Waals surface area (Å²) in [5, 5.41) is 4.73. The Kier molecular flexibility index (Phi) is 6.62. The molecule has 1 aromatic carbocycles. The van der Waals surface area contributed by atoms with E-state index < -0.39 is 11.7 Å². The van der Waals surface area contributed by atoms with Gasteiger partial charge >= 0.3 is 12.2 Å². The third-order valence-electron chi connectivity index (χ3n) is 8.35. The van der Waals surface area contributed by atoms with Crippen LogP contribution in [0, 0.1) is 6.92 Å². The number of carbonyl (C=O) groups excluding carboxylic acids is 1. The number of halogens is 3. The fourth-order valence-corrected chi connectivity index (χ4v) is 6.12. The largest absolute Gasteiger partial charge is 0.480 e. The molecule has 2 aromatic heterocycles. The highest BCUT2D eigenvalue weighted by atomic mass is 19.4. The number of aryl methyl sites for hydroxylation is 1. The molecule has 11 heteroatoms. The number of pyridine rings is 1. The molecule has 6 rings (SSSR count). The highest BCUT2D eigenvalue weighted by molar-refractivity contribution is 5.94. The number of urea groups is 1. The summed E-state index contributed by atoms with van der Waals surface area (Å²) < 4.78 is 49.0. The molecule has 1 atom stereocenters. The number of hydrogen-bond donors (Lipinski definition) is 0. The number of rotatable bonds is 6. The Bertz CT molecular complexity index is 1410. The molecule has 0 spiro atoms. The molecule has 0 bridgehead atoms. The number of hydrogen-bond acceptors (Lipinski definition) is 5. The van der Waals surface area contributed by atoms with Crippen LogP contribution in [0.2, 0.25) is 0 Å². The van der Waals surface area contributed by atoms with Gasteiger partial charge in [0.05, 0.1) is 31.3 Å². The van der Waals surface area contributed by atoms with Crippen LogP contribution in [-0.2, 0) is 12.7 Å².